The first-order chi connectivity index (χ1) is 9.83. The highest BCUT2D eigenvalue weighted by Gasteiger charge is 2.29. The van der Waals surface area contributed by atoms with Crippen molar-refractivity contribution < 1.29 is 23.1 Å². The summed E-state index contributed by atoms with van der Waals surface area (Å²) in [6, 6.07) is 3.73. The van der Waals surface area contributed by atoms with E-state index in [-0.39, 0.29) is 22.6 Å². The summed E-state index contributed by atoms with van der Waals surface area (Å²) in [5, 5.41) is 8.97. The monoisotopic (exact) mass is 377 g/mol. The number of hydrogen-bond acceptors (Lipinski definition) is 4. The lowest BCUT2D eigenvalue weighted by molar-refractivity contribution is 0.0696. The van der Waals surface area contributed by atoms with Crippen LogP contribution in [-0.4, -0.2) is 38.7 Å². The van der Waals surface area contributed by atoms with E-state index in [1.165, 1.54) is 12.1 Å². The molecule has 0 amide bonds. The van der Waals surface area contributed by atoms with Gasteiger partial charge in [0.15, 0.2) is 0 Å². The molecule has 1 fully saturated rings. The van der Waals surface area contributed by atoms with Gasteiger partial charge in [-0.1, -0.05) is 0 Å². The first-order valence-corrected chi connectivity index (χ1v) is 8.69. The summed E-state index contributed by atoms with van der Waals surface area (Å²) in [4.78, 5) is 10.9. The van der Waals surface area contributed by atoms with Crippen LogP contribution >= 0.6 is 15.9 Å². The normalized spacial score (nSPS) is 22.4. The zero-order valence-corrected chi connectivity index (χ0v) is 13.8. The molecule has 0 saturated heterocycles. The molecule has 1 aliphatic rings. The third-order valence-corrected chi connectivity index (χ3v) is 6.02. The van der Waals surface area contributed by atoms with Crippen LogP contribution in [0.3, 0.4) is 0 Å². The highest BCUT2D eigenvalue weighted by atomic mass is 79.9. The van der Waals surface area contributed by atoms with Crippen LogP contribution in [0.25, 0.3) is 0 Å². The van der Waals surface area contributed by atoms with Crippen molar-refractivity contribution >= 4 is 31.9 Å². The van der Waals surface area contributed by atoms with Crippen molar-refractivity contribution in [2.45, 2.75) is 36.3 Å². The minimum absolute atomic E-state index is 0.0616. The fourth-order valence-corrected chi connectivity index (χ4v) is 4.66. The molecule has 1 aromatic carbocycles. The van der Waals surface area contributed by atoms with Gasteiger partial charge in [0.05, 0.1) is 16.6 Å². The first-order valence-electron chi connectivity index (χ1n) is 6.41. The number of ether oxygens (including phenoxy) is 1. The largest absolute Gasteiger partial charge is 0.478 e. The van der Waals surface area contributed by atoms with E-state index >= 15 is 0 Å². The molecule has 0 aromatic heterocycles. The van der Waals surface area contributed by atoms with Gasteiger partial charge in [0.25, 0.3) is 0 Å². The molecular weight excluding hydrogens is 362 g/mol. The van der Waals surface area contributed by atoms with E-state index in [0.29, 0.717) is 17.3 Å². The molecule has 0 radical (unpaired) electrons. The summed E-state index contributed by atoms with van der Waals surface area (Å²) in [5.74, 6) is -1.17. The van der Waals surface area contributed by atoms with Crippen molar-refractivity contribution in [1.29, 1.82) is 0 Å². The number of halogens is 1. The predicted octanol–water partition coefficient (Wildman–Crippen LogP) is 1.99. The van der Waals surface area contributed by atoms with Crippen molar-refractivity contribution in [3.63, 3.8) is 0 Å². The Balaban J connectivity index is 2.23. The summed E-state index contributed by atoms with van der Waals surface area (Å²) in [5.41, 5.74) is -0.0697. The first kappa shape index (κ1) is 16.4. The Bertz CT molecular complexity index is 646. The predicted molar refractivity (Wildman–Crippen MR) is 79.9 cm³/mol. The highest BCUT2D eigenvalue weighted by molar-refractivity contribution is 9.10. The highest BCUT2D eigenvalue weighted by Crippen LogP contribution is 2.27. The van der Waals surface area contributed by atoms with Gasteiger partial charge in [-0.15, -0.1) is 0 Å². The topological polar surface area (TPSA) is 92.7 Å². The zero-order chi connectivity index (χ0) is 15.6. The zero-order valence-electron chi connectivity index (χ0n) is 11.4. The maximum Gasteiger partial charge on any atom is 0.335 e. The summed E-state index contributed by atoms with van der Waals surface area (Å²) in [7, 11) is -2.17. The molecule has 21 heavy (non-hydrogen) atoms. The molecule has 8 heteroatoms. The average molecular weight is 378 g/mol. The van der Waals surface area contributed by atoms with Crippen LogP contribution in [0.4, 0.5) is 0 Å². The minimum atomic E-state index is -3.78. The van der Waals surface area contributed by atoms with Gasteiger partial charge >= 0.3 is 5.97 Å². The molecule has 2 unspecified atom stereocenters. The van der Waals surface area contributed by atoms with Crippen LogP contribution in [0.5, 0.6) is 0 Å². The average Bonchev–Trinajstić information content (AvgIpc) is 2.85. The Morgan fingerprint density at radius 3 is 2.71 bits per heavy atom. The molecule has 0 bridgehead atoms. The lowest BCUT2D eigenvalue weighted by Gasteiger charge is -2.14. The van der Waals surface area contributed by atoms with Gasteiger partial charge < -0.3 is 9.84 Å². The quantitative estimate of drug-likeness (QED) is 0.818. The molecule has 0 spiro atoms. The third-order valence-electron chi connectivity index (χ3n) is 3.51. The number of carbonyl (C=O) groups is 1. The lowest BCUT2D eigenvalue weighted by atomic mass is 10.2. The van der Waals surface area contributed by atoms with Crippen molar-refractivity contribution in [2.24, 2.45) is 0 Å². The van der Waals surface area contributed by atoms with Crippen LogP contribution in [0.15, 0.2) is 27.6 Å². The number of benzene rings is 1. The van der Waals surface area contributed by atoms with Gasteiger partial charge in [0.1, 0.15) is 0 Å². The lowest BCUT2D eigenvalue weighted by Crippen LogP contribution is -2.33. The van der Waals surface area contributed by atoms with Gasteiger partial charge in [-0.05, 0) is 53.4 Å². The van der Waals surface area contributed by atoms with E-state index < -0.39 is 16.0 Å². The molecule has 6 nitrogen and oxygen atoms in total. The van der Waals surface area contributed by atoms with E-state index in [2.05, 4.69) is 20.7 Å². The summed E-state index contributed by atoms with van der Waals surface area (Å²) >= 11 is 3.15. The standard InChI is InChI=1S/C13H16BrNO5S/c1-20-10-4-3-9(7-10)15-21(18,19)12-6-8(13(16)17)2-5-11(12)14/h2,5-6,9-10,15H,3-4,7H2,1H3,(H,16,17). The second-order valence-corrected chi connectivity index (χ2v) is 7.48. The van der Waals surface area contributed by atoms with Crippen LogP contribution in [-0.2, 0) is 14.8 Å². The Morgan fingerprint density at radius 2 is 2.14 bits per heavy atom. The van der Waals surface area contributed by atoms with Crippen LogP contribution in [0, 0.1) is 0 Å². The molecular formula is C13H16BrNO5S. The molecule has 0 aliphatic heterocycles. The molecule has 1 aromatic rings. The minimum Gasteiger partial charge on any atom is -0.478 e. The maximum absolute atomic E-state index is 12.4. The van der Waals surface area contributed by atoms with Gasteiger partial charge in [0, 0.05) is 17.6 Å². The van der Waals surface area contributed by atoms with Crippen LogP contribution < -0.4 is 4.72 Å². The Kier molecular flexibility index (Phi) is 5.03. The van der Waals surface area contributed by atoms with Gasteiger partial charge in [0.2, 0.25) is 10.0 Å². The molecule has 116 valence electrons. The van der Waals surface area contributed by atoms with Gasteiger partial charge in [-0.3, -0.25) is 0 Å². The number of carboxylic acids is 1. The maximum atomic E-state index is 12.4. The fourth-order valence-electron chi connectivity index (χ4n) is 2.39. The van der Waals surface area contributed by atoms with E-state index in [1.807, 2.05) is 0 Å². The fraction of sp³-hybridized carbons (Fsp3) is 0.462. The van der Waals surface area contributed by atoms with Crippen LogP contribution in [0.1, 0.15) is 29.6 Å². The second-order valence-electron chi connectivity index (χ2n) is 4.94. The second kappa shape index (κ2) is 6.43. The number of sulfonamides is 1. The van der Waals surface area contributed by atoms with E-state index in [4.69, 9.17) is 9.84 Å². The number of carboxylic acid groups (broad SMARTS) is 1. The molecule has 0 heterocycles. The SMILES string of the molecule is COC1CCC(NS(=O)(=O)c2cc(C(=O)O)ccc2Br)C1. The van der Waals surface area contributed by atoms with E-state index in [9.17, 15) is 13.2 Å². The van der Waals surface area contributed by atoms with E-state index in [0.717, 1.165) is 12.5 Å². The number of rotatable bonds is 5. The smallest absolute Gasteiger partial charge is 0.335 e. The molecule has 2 N–H and O–H groups in total. The molecule has 1 aliphatic carbocycles. The van der Waals surface area contributed by atoms with Crippen molar-refractivity contribution in [3.8, 4) is 0 Å². The Labute approximate surface area is 131 Å². The van der Waals surface area contributed by atoms with E-state index in [1.54, 1.807) is 7.11 Å². The van der Waals surface area contributed by atoms with Crippen LogP contribution in [0.2, 0.25) is 0 Å². The number of nitrogens with one attached hydrogen (secondary N) is 1. The number of aromatic carboxylic acids is 1. The molecule has 2 rings (SSSR count). The molecule has 2 atom stereocenters. The number of methoxy groups -OCH3 is 1. The van der Waals surface area contributed by atoms with Crippen molar-refractivity contribution in [3.05, 3.63) is 28.2 Å². The van der Waals surface area contributed by atoms with Crippen molar-refractivity contribution in [1.82, 2.24) is 4.72 Å². The molecule has 1 saturated carbocycles. The summed E-state index contributed by atoms with van der Waals surface area (Å²) in [6.45, 7) is 0. The number of hydrogen-bond donors (Lipinski definition) is 2. The van der Waals surface area contributed by atoms with Gasteiger partial charge in [-0.2, -0.15) is 0 Å². The Hall–Kier alpha value is -0.960. The summed E-state index contributed by atoms with van der Waals surface area (Å²) < 4.78 is 33.0. The summed E-state index contributed by atoms with van der Waals surface area (Å²) in [6.07, 6.45) is 2.19. The van der Waals surface area contributed by atoms with Gasteiger partial charge in [-0.25, -0.2) is 17.9 Å². The third kappa shape index (κ3) is 3.82. The Morgan fingerprint density at radius 1 is 1.43 bits per heavy atom. The van der Waals surface area contributed by atoms with Crippen molar-refractivity contribution in [2.75, 3.05) is 7.11 Å².